The van der Waals surface area contributed by atoms with Gasteiger partial charge in [-0.25, -0.2) is 0 Å². The largest absolute Gasteiger partial charge is 0.378 e. The van der Waals surface area contributed by atoms with Crippen molar-refractivity contribution in [1.82, 2.24) is 4.90 Å². The van der Waals surface area contributed by atoms with Crippen LogP contribution >= 0.6 is 0 Å². The molecule has 1 saturated carbocycles. The molecule has 3 nitrogen and oxygen atoms in total. The van der Waals surface area contributed by atoms with Crippen LogP contribution in [0.4, 0.5) is 0 Å². The number of rotatable bonds is 8. The van der Waals surface area contributed by atoms with Gasteiger partial charge in [-0.15, -0.1) is 0 Å². The average molecular weight is 256 g/mol. The predicted molar refractivity (Wildman–Crippen MR) is 77.8 cm³/mol. The van der Waals surface area contributed by atoms with E-state index >= 15 is 0 Å². The van der Waals surface area contributed by atoms with E-state index in [4.69, 9.17) is 10.5 Å². The highest BCUT2D eigenvalue weighted by molar-refractivity contribution is 5.14. The van der Waals surface area contributed by atoms with Crippen molar-refractivity contribution < 1.29 is 4.74 Å². The van der Waals surface area contributed by atoms with Crippen LogP contribution in [0.15, 0.2) is 0 Å². The van der Waals surface area contributed by atoms with Gasteiger partial charge in [0.1, 0.15) is 0 Å². The van der Waals surface area contributed by atoms with E-state index in [1.807, 2.05) is 0 Å². The lowest BCUT2D eigenvalue weighted by Crippen LogP contribution is -2.73. The molecule has 0 radical (unpaired) electrons. The van der Waals surface area contributed by atoms with E-state index in [0.717, 1.165) is 26.1 Å². The Kier molecular flexibility index (Phi) is 5.63. The van der Waals surface area contributed by atoms with E-state index in [0.29, 0.717) is 6.10 Å². The molecule has 108 valence electrons. The Morgan fingerprint density at radius 3 is 2.44 bits per heavy atom. The Balaban J connectivity index is 2.42. The van der Waals surface area contributed by atoms with Crippen molar-refractivity contribution in [3.05, 3.63) is 0 Å². The normalized spacial score (nSPS) is 30.5. The second-order valence-electron chi connectivity index (χ2n) is 6.47. The third-order valence-electron chi connectivity index (χ3n) is 4.70. The van der Waals surface area contributed by atoms with Crippen molar-refractivity contribution in [2.75, 3.05) is 26.7 Å². The SMILES string of the molecule is CCCCCN(C)CC1(N)CC(OCC)C1(C)C. The molecule has 18 heavy (non-hydrogen) atoms. The first kappa shape index (κ1) is 15.9. The van der Waals surface area contributed by atoms with Crippen LogP contribution in [0.2, 0.25) is 0 Å². The fourth-order valence-corrected chi connectivity index (χ4v) is 2.97. The lowest BCUT2D eigenvalue weighted by atomic mass is 9.54. The first-order valence-corrected chi connectivity index (χ1v) is 7.46. The zero-order valence-corrected chi connectivity index (χ0v) is 13.0. The highest BCUT2D eigenvalue weighted by Crippen LogP contribution is 2.49. The van der Waals surface area contributed by atoms with Crippen molar-refractivity contribution in [3.8, 4) is 0 Å². The van der Waals surface area contributed by atoms with E-state index in [1.54, 1.807) is 0 Å². The van der Waals surface area contributed by atoms with Gasteiger partial charge in [0.15, 0.2) is 0 Å². The summed E-state index contributed by atoms with van der Waals surface area (Å²) < 4.78 is 5.77. The lowest BCUT2D eigenvalue weighted by molar-refractivity contribution is -0.155. The molecule has 0 spiro atoms. The van der Waals surface area contributed by atoms with Gasteiger partial charge >= 0.3 is 0 Å². The third kappa shape index (κ3) is 3.25. The molecule has 2 atom stereocenters. The van der Waals surface area contributed by atoms with Crippen molar-refractivity contribution in [2.24, 2.45) is 11.1 Å². The monoisotopic (exact) mass is 256 g/mol. The van der Waals surface area contributed by atoms with Gasteiger partial charge in [-0.1, -0.05) is 33.6 Å². The topological polar surface area (TPSA) is 38.5 Å². The number of ether oxygens (including phenoxy) is 1. The fraction of sp³-hybridized carbons (Fsp3) is 1.00. The Morgan fingerprint density at radius 1 is 1.28 bits per heavy atom. The zero-order valence-electron chi connectivity index (χ0n) is 13.0. The van der Waals surface area contributed by atoms with Crippen LogP contribution in [0.3, 0.4) is 0 Å². The molecule has 1 aliphatic rings. The first-order chi connectivity index (χ1) is 8.37. The van der Waals surface area contributed by atoms with Crippen LogP contribution in [0, 0.1) is 5.41 Å². The molecule has 0 aliphatic heterocycles. The summed E-state index contributed by atoms with van der Waals surface area (Å²) in [5.41, 5.74) is 6.58. The lowest BCUT2D eigenvalue weighted by Gasteiger charge is -2.60. The summed E-state index contributed by atoms with van der Waals surface area (Å²) in [5.74, 6) is 0. The maximum Gasteiger partial charge on any atom is 0.0662 e. The summed E-state index contributed by atoms with van der Waals surface area (Å²) in [6, 6.07) is 0. The Labute approximate surface area is 113 Å². The summed E-state index contributed by atoms with van der Waals surface area (Å²) in [7, 11) is 2.19. The molecule has 2 N–H and O–H groups in total. The summed E-state index contributed by atoms with van der Waals surface area (Å²) in [6.07, 6.45) is 5.19. The van der Waals surface area contributed by atoms with Crippen LogP contribution in [0.5, 0.6) is 0 Å². The molecule has 0 amide bonds. The number of likely N-dealkylation sites (N-methyl/N-ethyl adjacent to an activating group) is 1. The molecule has 0 saturated heterocycles. The summed E-state index contributed by atoms with van der Waals surface area (Å²) in [4.78, 5) is 2.39. The predicted octanol–water partition coefficient (Wildman–Crippen LogP) is 2.64. The number of hydrogen-bond donors (Lipinski definition) is 1. The minimum atomic E-state index is -0.0895. The van der Waals surface area contributed by atoms with Gasteiger partial charge in [-0.3, -0.25) is 0 Å². The minimum Gasteiger partial charge on any atom is -0.378 e. The number of nitrogens with two attached hydrogens (primary N) is 1. The van der Waals surface area contributed by atoms with E-state index in [-0.39, 0.29) is 11.0 Å². The fourth-order valence-electron chi connectivity index (χ4n) is 2.97. The number of unbranched alkanes of at least 4 members (excludes halogenated alkanes) is 2. The molecule has 1 aliphatic carbocycles. The smallest absolute Gasteiger partial charge is 0.0662 e. The molecule has 0 aromatic heterocycles. The van der Waals surface area contributed by atoms with Gasteiger partial charge in [0, 0.05) is 24.1 Å². The van der Waals surface area contributed by atoms with E-state index in [1.165, 1.54) is 19.3 Å². The average Bonchev–Trinajstić information content (AvgIpc) is 2.29. The van der Waals surface area contributed by atoms with Gasteiger partial charge in [0.05, 0.1) is 6.10 Å². The Morgan fingerprint density at radius 2 is 1.94 bits per heavy atom. The van der Waals surface area contributed by atoms with Gasteiger partial charge in [0.25, 0.3) is 0 Å². The molecule has 3 heteroatoms. The zero-order chi connectivity index (χ0) is 13.8. The molecule has 2 unspecified atom stereocenters. The van der Waals surface area contributed by atoms with E-state index in [2.05, 4.69) is 39.6 Å². The van der Waals surface area contributed by atoms with Gasteiger partial charge < -0.3 is 15.4 Å². The van der Waals surface area contributed by atoms with Crippen molar-refractivity contribution in [2.45, 2.75) is 65.0 Å². The second-order valence-corrected chi connectivity index (χ2v) is 6.47. The summed E-state index contributed by atoms with van der Waals surface area (Å²) in [5, 5.41) is 0. The van der Waals surface area contributed by atoms with Gasteiger partial charge in [-0.05, 0) is 33.4 Å². The molecular weight excluding hydrogens is 224 g/mol. The van der Waals surface area contributed by atoms with Crippen molar-refractivity contribution >= 4 is 0 Å². The third-order valence-corrected chi connectivity index (χ3v) is 4.70. The Hall–Kier alpha value is -0.120. The van der Waals surface area contributed by atoms with Crippen LogP contribution in [-0.2, 0) is 4.74 Å². The molecule has 0 aromatic rings. The molecule has 0 aromatic carbocycles. The molecule has 0 heterocycles. The van der Waals surface area contributed by atoms with Crippen LogP contribution < -0.4 is 5.73 Å². The highest BCUT2D eigenvalue weighted by atomic mass is 16.5. The van der Waals surface area contributed by atoms with Gasteiger partial charge in [0.2, 0.25) is 0 Å². The first-order valence-electron chi connectivity index (χ1n) is 7.46. The molecule has 1 rings (SSSR count). The van der Waals surface area contributed by atoms with E-state index < -0.39 is 0 Å². The maximum absolute atomic E-state index is 6.58. The summed E-state index contributed by atoms with van der Waals surface area (Å²) in [6.45, 7) is 11.7. The quantitative estimate of drug-likeness (QED) is 0.679. The molecular formula is C15H32N2O. The second kappa shape index (κ2) is 6.36. The summed E-state index contributed by atoms with van der Waals surface area (Å²) >= 11 is 0. The van der Waals surface area contributed by atoms with Crippen molar-refractivity contribution in [1.29, 1.82) is 0 Å². The van der Waals surface area contributed by atoms with Crippen molar-refractivity contribution in [3.63, 3.8) is 0 Å². The van der Waals surface area contributed by atoms with Crippen LogP contribution in [-0.4, -0.2) is 43.3 Å². The van der Waals surface area contributed by atoms with Crippen LogP contribution in [0.25, 0.3) is 0 Å². The number of hydrogen-bond acceptors (Lipinski definition) is 3. The number of nitrogens with zero attached hydrogens (tertiary/aromatic N) is 1. The van der Waals surface area contributed by atoms with Gasteiger partial charge in [-0.2, -0.15) is 0 Å². The molecule has 1 fully saturated rings. The van der Waals surface area contributed by atoms with E-state index in [9.17, 15) is 0 Å². The van der Waals surface area contributed by atoms with Crippen LogP contribution in [0.1, 0.15) is 53.4 Å². The molecule has 0 bridgehead atoms. The Bertz CT molecular complexity index is 255. The highest BCUT2D eigenvalue weighted by Gasteiger charge is 2.58. The minimum absolute atomic E-state index is 0.0853. The maximum atomic E-state index is 6.58. The standard InChI is InChI=1S/C15H32N2O/c1-6-8-9-10-17(5)12-15(16)11-13(18-7-2)14(15,3)4/h13H,6-12,16H2,1-5H3.